The first-order valence-electron chi connectivity index (χ1n) is 35.0. The lowest BCUT2D eigenvalue weighted by atomic mass is 9.44. The zero-order chi connectivity index (χ0) is 72.2. The minimum absolute atomic E-state index is 0.0176. The van der Waals surface area contributed by atoms with Crippen molar-refractivity contribution in [3.8, 4) is 0 Å². The first kappa shape index (κ1) is 78.4. The van der Waals surface area contributed by atoms with Gasteiger partial charge in [0.15, 0.2) is 6.61 Å². The lowest BCUT2D eigenvalue weighted by Crippen LogP contribution is -2.59. The van der Waals surface area contributed by atoms with E-state index in [0.29, 0.717) is 106 Å². The van der Waals surface area contributed by atoms with Gasteiger partial charge in [0.05, 0.1) is 82.9 Å². The summed E-state index contributed by atoms with van der Waals surface area (Å²) in [7, 11) is 5.72. The summed E-state index contributed by atoms with van der Waals surface area (Å²) >= 11 is 0. The molecule has 14 bridgehead atoms. The molecule has 1 aliphatic heterocycles. The highest BCUT2D eigenvalue weighted by atomic mass is 16.6. The highest BCUT2D eigenvalue weighted by Gasteiger charge is 2.70. The predicted molar refractivity (Wildman–Crippen MR) is 341 cm³/mol. The van der Waals surface area contributed by atoms with Gasteiger partial charge < -0.3 is 61.6 Å². The van der Waals surface area contributed by atoms with Crippen LogP contribution in [0.3, 0.4) is 0 Å². The Morgan fingerprint density at radius 2 is 1.00 bits per heavy atom. The molecule has 0 N–H and O–H groups in total. The van der Waals surface area contributed by atoms with Crippen LogP contribution >= 0.6 is 0 Å². The van der Waals surface area contributed by atoms with Crippen molar-refractivity contribution in [3.05, 3.63) is 0 Å². The Kier molecular flexibility index (Phi) is 26.8. The Bertz CT molecular complexity index is 2890. The second-order valence-corrected chi connectivity index (χ2v) is 30.4. The van der Waals surface area contributed by atoms with Crippen LogP contribution in [0.1, 0.15) is 197 Å². The van der Waals surface area contributed by atoms with Crippen LogP contribution in [-0.4, -0.2) is 163 Å². The number of fused-ring (bicyclic) bond motifs is 1. The van der Waals surface area contributed by atoms with E-state index in [0.717, 1.165) is 89.9 Å². The number of rotatable bonds is 19. The van der Waals surface area contributed by atoms with Gasteiger partial charge >= 0.3 is 77.6 Å². The summed E-state index contributed by atoms with van der Waals surface area (Å²) in [4.78, 5) is 147. The van der Waals surface area contributed by atoms with Crippen LogP contribution in [0, 0.1) is 92.7 Å². The molecule has 14 aliphatic carbocycles. The zero-order valence-electron chi connectivity index (χ0n) is 59.7. The van der Waals surface area contributed by atoms with Crippen molar-refractivity contribution in [1.29, 1.82) is 0 Å². The Balaban J connectivity index is 0.000000167. The normalized spacial score (nSPS) is 35.3. The molecule has 12 unspecified atom stereocenters. The van der Waals surface area contributed by atoms with Crippen LogP contribution in [0.4, 0.5) is 0 Å². The lowest BCUT2D eigenvalue weighted by Gasteiger charge is -2.60. The maximum Gasteiger partial charge on any atom is 0.344 e. The first-order valence-corrected chi connectivity index (χ1v) is 35.0. The minimum Gasteiger partial charge on any atom is -0.469 e. The van der Waals surface area contributed by atoms with Gasteiger partial charge in [-0.2, -0.15) is 0 Å². The largest absolute Gasteiger partial charge is 0.469 e. The van der Waals surface area contributed by atoms with Gasteiger partial charge in [0.2, 0.25) is 0 Å². The third kappa shape index (κ3) is 19.1. The predicted octanol–water partition coefficient (Wildman–Crippen LogP) is 8.22. The van der Waals surface area contributed by atoms with Gasteiger partial charge in [-0.15, -0.1) is 0 Å². The van der Waals surface area contributed by atoms with E-state index in [1.807, 2.05) is 13.8 Å². The summed E-state index contributed by atoms with van der Waals surface area (Å²) in [5.41, 5.74) is -1.30. The fourth-order valence-corrected chi connectivity index (χ4v) is 20.3. The number of carbonyl (C=O) groups excluding carboxylic acids is 13. The Morgan fingerprint density at radius 1 is 0.490 bits per heavy atom. The molecule has 15 aliphatic rings. The van der Waals surface area contributed by atoms with Crippen molar-refractivity contribution in [1.82, 2.24) is 0 Å². The molecule has 0 spiro atoms. The number of unbranched alkanes of at least 4 members (excludes halogenated alkanes) is 1. The Labute approximate surface area is 574 Å². The van der Waals surface area contributed by atoms with E-state index in [2.05, 4.69) is 9.47 Å². The van der Waals surface area contributed by atoms with E-state index in [-0.39, 0.29) is 112 Å². The summed E-state index contributed by atoms with van der Waals surface area (Å²) < 4.78 is 65.2. The molecule has 550 valence electrons. The molecule has 0 amide bonds. The highest BCUT2D eigenvalue weighted by Crippen LogP contribution is 2.67. The Hall–Kier alpha value is -6.89. The van der Waals surface area contributed by atoms with E-state index in [1.165, 1.54) is 82.8 Å². The van der Waals surface area contributed by atoms with Gasteiger partial charge in [0.1, 0.15) is 23.9 Å². The van der Waals surface area contributed by atoms with Crippen molar-refractivity contribution in [2.45, 2.75) is 221 Å². The van der Waals surface area contributed by atoms with E-state index >= 15 is 0 Å². The van der Waals surface area contributed by atoms with Gasteiger partial charge in [-0.1, -0.05) is 13.8 Å². The number of hydrogen-bond donors (Lipinski definition) is 0. The third-order valence-corrected chi connectivity index (χ3v) is 22.2. The van der Waals surface area contributed by atoms with E-state index in [1.54, 1.807) is 6.92 Å². The zero-order valence-corrected chi connectivity index (χ0v) is 59.7. The number of hydrogen-bond acceptors (Lipinski definition) is 26. The van der Waals surface area contributed by atoms with Crippen LogP contribution in [0.15, 0.2) is 0 Å². The van der Waals surface area contributed by atoms with Crippen LogP contribution in [0.5, 0.6) is 0 Å². The second-order valence-electron chi connectivity index (χ2n) is 30.4. The van der Waals surface area contributed by atoms with Gasteiger partial charge in [-0.25, -0.2) is 4.79 Å². The monoisotopic (exact) mass is 1390 g/mol. The smallest absolute Gasteiger partial charge is 0.344 e. The Morgan fingerprint density at radius 3 is 1.49 bits per heavy atom. The molecule has 0 aromatic carbocycles. The molecular weight excluding hydrogens is 1280 g/mol. The molecule has 26 heteroatoms. The van der Waals surface area contributed by atoms with Crippen LogP contribution < -0.4 is 0 Å². The molecule has 98 heavy (non-hydrogen) atoms. The van der Waals surface area contributed by atoms with Crippen LogP contribution in [0.25, 0.3) is 0 Å². The van der Waals surface area contributed by atoms with Crippen LogP contribution in [0.2, 0.25) is 0 Å². The van der Waals surface area contributed by atoms with Crippen molar-refractivity contribution in [2.24, 2.45) is 92.7 Å². The highest BCUT2D eigenvalue weighted by molar-refractivity contribution is 5.86. The number of esters is 13. The van der Waals surface area contributed by atoms with Gasteiger partial charge in [-0.05, 0) is 176 Å². The summed E-state index contributed by atoms with van der Waals surface area (Å²) in [6.45, 7) is 15.3. The van der Waals surface area contributed by atoms with Crippen molar-refractivity contribution in [3.63, 3.8) is 0 Å². The maximum absolute atomic E-state index is 12.2. The van der Waals surface area contributed by atoms with E-state index in [9.17, 15) is 62.3 Å². The fraction of sp³-hybridized carbons (Fsp3) is 0.819. The molecule has 15 fully saturated rings. The average molecular weight is 1390 g/mol. The summed E-state index contributed by atoms with van der Waals surface area (Å²) in [5, 5.41) is 0. The standard InChI is InChI=1S/C15H22O4.2C14H20O4.C12H14O6.C11H20O4.C6H10O4/c1-10(16)19-9-14-4-11-3-12(5-14)7-15(6-11,8-14)13(17)18-2;1-9(15)18-14-6-10-3-11(7-14)5-13(4-10,8-14)12(16)17-2;1-8(15)18-12-10-3-9-4-11(12)7-14(5-9,6-10)13(16)17-2;1-4(13)17-9-5-3-6-8(7(5)11(14)16-2)12(15)18-10(6)9;1-9(2)8-15-11(13)6-4-5-7-14-10(3)12;1-3-9-6(8)4-10-5(2)7/h11-12H,3-9H2,1-2H3;10-11H,3-8H2,1-2H3;9-12H,3-7H2,1-2H3;5-10H,3H2,1-2H3;9H,4-8H2,1-3H3;3-4H2,1-2H3. The second kappa shape index (κ2) is 33.5. The number of carbonyl (C=O) groups is 13. The minimum atomic E-state index is -0.532. The van der Waals surface area contributed by atoms with Crippen molar-refractivity contribution in [2.75, 3.05) is 61.5 Å². The van der Waals surface area contributed by atoms with Crippen molar-refractivity contribution >= 4 is 77.6 Å². The fourth-order valence-electron chi connectivity index (χ4n) is 20.3. The summed E-state index contributed by atoms with van der Waals surface area (Å²) in [5.74, 6) is -0.656. The quantitative estimate of drug-likeness (QED) is 0.0667. The van der Waals surface area contributed by atoms with Crippen molar-refractivity contribution < 1.29 is 124 Å². The van der Waals surface area contributed by atoms with Gasteiger partial charge in [0.25, 0.3) is 0 Å². The van der Waals surface area contributed by atoms with E-state index < -0.39 is 41.8 Å². The average Bonchev–Trinajstić information content (AvgIpc) is 1.26. The molecule has 1 heterocycles. The third-order valence-electron chi connectivity index (χ3n) is 22.2. The molecule has 0 aromatic heterocycles. The topological polar surface area (TPSA) is 342 Å². The number of methoxy groups -OCH3 is 4. The summed E-state index contributed by atoms with van der Waals surface area (Å²) in [6.07, 6.45) is 18.3. The van der Waals surface area contributed by atoms with Gasteiger partial charge in [-0.3, -0.25) is 57.5 Å². The van der Waals surface area contributed by atoms with Crippen LogP contribution in [-0.2, 0) is 124 Å². The molecule has 0 radical (unpaired) electrons. The number of ether oxygens (including phenoxy) is 13. The molecule has 12 atom stereocenters. The lowest BCUT2D eigenvalue weighted by molar-refractivity contribution is -0.210. The molecule has 1 saturated heterocycles. The maximum atomic E-state index is 12.2. The molecule has 15 rings (SSSR count). The molecule has 26 nitrogen and oxygen atoms in total. The molecule has 14 saturated carbocycles. The summed E-state index contributed by atoms with van der Waals surface area (Å²) in [6, 6.07) is 0. The first-order chi connectivity index (χ1) is 46.2. The van der Waals surface area contributed by atoms with Gasteiger partial charge in [0, 0.05) is 71.6 Å². The SMILES string of the molecule is CC(=O)OCCCCC(=O)OCC(C)C.CCOC(=O)COC(C)=O.COC(=O)C12CC3CC(C1)C(OC(C)=O)C(C3)C2.COC(=O)C12CC3CC(CC(COC(C)=O)(C3)C1)C2.COC(=O)C12CC3CC(CC(OC(C)=O)(C3)C1)C2.COC(=O)C1C2CC3C(OC(=O)C31)C2OC(C)=O. The van der Waals surface area contributed by atoms with E-state index in [4.69, 9.17) is 52.1 Å². The molecule has 0 aromatic rings. The molecular formula is C72H106O26.